The number of carbonyl (C=O) groups excluding carboxylic acids is 2. The lowest BCUT2D eigenvalue weighted by Crippen LogP contribution is -2.40. The summed E-state index contributed by atoms with van der Waals surface area (Å²) < 4.78 is 0. The van der Waals surface area contributed by atoms with Crippen LogP contribution in [0.25, 0.3) is 0 Å². The standard InChI is InChI=1S/C12H15NO2S/c14-11(9-6-7-16-8-9)12(15)13-10-4-2-1-3-5-10/h6-8,10H,1-5H2,(H,13,15). The van der Waals surface area contributed by atoms with Gasteiger partial charge in [-0.05, 0) is 24.3 Å². The number of ketones is 1. The average Bonchev–Trinajstić information content (AvgIpc) is 2.83. The molecule has 3 nitrogen and oxygen atoms in total. The van der Waals surface area contributed by atoms with Gasteiger partial charge < -0.3 is 5.32 Å². The van der Waals surface area contributed by atoms with Crippen LogP contribution in [0.5, 0.6) is 0 Å². The van der Waals surface area contributed by atoms with E-state index in [2.05, 4.69) is 5.32 Å². The maximum atomic E-state index is 11.7. The maximum absolute atomic E-state index is 11.7. The van der Waals surface area contributed by atoms with E-state index in [4.69, 9.17) is 0 Å². The van der Waals surface area contributed by atoms with Crippen molar-refractivity contribution in [3.05, 3.63) is 22.4 Å². The van der Waals surface area contributed by atoms with Crippen molar-refractivity contribution in [2.75, 3.05) is 0 Å². The Bertz CT molecular complexity index is 366. The number of Topliss-reactive ketones (excluding diaryl/α,β-unsaturated/α-hetero) is 1. The molecular weight excluding hydrogens is 222 g/mol. The zero-order valence-corrected chi connectivity index (χ0v) is 9.89. The molecule has 1 aromatic heterocycles. The molecule has 1 aliphatic rings. The second-order valence-electron chi connectivity index (χ2n) is 4.15. The van der Waals surface area contributed by atoms with E-state index in [1.54, 1.807) is 16.8 Å². The van der Waals surface area contributed by atoms with E-state index in [1.165, 1.54) is 17.8 Å². The molecule has 1 amide bonds. The topological polar surface area (TPSA) is 46.2 Å². The molecule has 0 radical (unpaired) electrons. The highest BCUT2D eigenvalue weighted by atomic mass is 32.1. The Morgan fingerprint density at radius 2 is 2.00 bits per heavy atom. The summed E-state index contributed by atoms with van der Waals surface area (Å²) in [4.78, 5) is 23.3. The number of thiophene rings is 1. The molecule has 1 heterocycles. The normalized spacial score (nSPS) is 17.0. The average molecular weight is 237 g/mol. The molecule has 0 aliphatic heterocycles. The van der Waals surface area contributed by atoms with Crippen LogP contribution in [0, 0.1) is 0 Å². The summed E-state index contributed by atoms with van der Waals surface area (Å²) in [5.74, 6) is -0.864. The van der Waals surface area contributed by atoms with Crippen molar-refractivity contribution in [3.8, 4) is 0 Å². The molecule has 1 saturated carbocycles. The van der Waals surface area contributed by atoms with Gasteiger partial charge in [0.1, 0.15) is 0 Å². The number of rotatable bonds is 3. The summed E-state index contributed by atoms with van der Waals surface area (Å²) in [6, 6.07) is 1.89. The smallest absolute Gasteiger partial charge is 0.292 e. The van der Waals surface area contributed by atoms with E-state index >= 15 is 0 Å². The lowest BCUT2D eigenvalue weighted by molar-refractivity contribution is -0.117. The Kier molecular flexibility index (Phi) is 3.72. The van der Waals surface area contributed by atoms with Gasteiger partial charge in [0.15, 0.2) is 0 Å². The van der Waals surface area contributed by atoms with E-state index in [-0.39, 0.29) is 6.04 Å². The van der Waals surface area contributed by atoms with Crippen LogP contribution >= 0.6 is 11.3 Å². The van der Waals surface area contributed by atoms with Crippen molar-refractivity contribution in [1.82, 2.24) is 5.32 Å². The number of hydrogen-bond acceptors (Lipinski definition) is 3. The van der Waals surface area contributed by atoms with Gasteiger partial charge >= 0.3 is 0 Å². The van der Waals surface area contributed by atoms with E-state index < -0.39 is 11.7 Å². The first-order valence-corrected chi connectivity index (χ1v) is 6.59. The minimum atomic E-state index is -0.453. The summed E-state index contributed by atoms with van der Waals surface area (Å²) in [6.07, 6.45) is 5.55. The maximum Gasteiger partial charge on any atom is 0.292 e. The Morgan fingerprint density at radius 3 is 2.62 bits per heavy atom. The van der Waals surface area contributed by atoms with Crippen LogP contribution in [0.2, 0.25) is 0 Å². The molecule has 1 N–H and O–H groups in total. The highest BCUT2D eigenvalue weighted by Gasteiger charge is 2.21. The van der Waals surface area contributed by atoms with Crippen LogP contribution in [-0.2, 0) is 4.79 Å². The largest absolute Gasteiger partial charge is 0.346 e. The van der Waals surface area contributed by atoms with Crippen LogP contribution in [0.1, 0.15) is 42.5 Å². The summed E-state index contributed by atoms with van der Waals surface area (Å²) in [5, 5.41) is 6.34. The van der Waals surface area contributed by atoms with E-state index in [0.29, 0.717) is 5.56 Å². The van der Waals surface area contributed by atoms with Gasteiger partial charge in [0.05, 0.1) is 0 Å². The first-order valence-electron chi connectivity index (χ1n) is 5.65. The molecule has 0 aromatic carbocycles. The van der Waals surface area contributed by atoms with E-state index in [0.717, 1.165) is 25.7 Å². The first-order chi connectivity index (χ1) is 7.77. The molecule has 2 rings (SSSR count). The third-order valence-electron chi connectivity index (χ3n) is 2.93. The van der Waals surface area contributed by atoms with Crippen molar-refractivity contribution in [3.63, 3.8) is 0 Å². The van der Waals surface area contributed by atoms with Crippen LogP contribution < -0.4 is 5.32 Å². The zero-order valence-electron chi connectivity index (χ0n) is 9.07. The molecule has 86 valence electrons. The second kappa shape index (κ2) is 5.25. The number of hydrogen-bond donors (Lipinski definition) is 1. The summed E-state index contributed by atoms with van der Waals surface area (Å²) in [6.45, 7) is 0. The van der Waals surface area contributed by atoms with E-state index in [1.807, 2.05) is 0 Å². The van der Waals surface area contributed by atoms with Crippen molar-refractivity contribution < 1.29 is 9.59 Å². The lowest BCUT2D eigenvalue weighted by atomic mass is 9.95. The van der Waals surface area contributed by atoms with Crippen LogP contribution in [0.4, 0.5) is 0 Å². The minimum absolute atomic E-state index is 0.198. The Hall–Kier alpha value is -1.16. The molecule has 1 aliphatic carbocycles. The van der Waals surface area contributed by atoms with Gasteiger partial charge in [0, 0.05) is 17.0 Å². The molecule has 0 atom stereocenters. The Morgan fingerprint density at radius 1 is 1.25 bits per heavy atom. The fourth-order valence-corrected chi connectivity index (χ4v) is 2.66. The molecule has 0 saturated heterocycles. The molecule has 1 aromatic rings. The highest BCUT2D eigenvalue weighted by Crippen LogP contribution is 2.17. The van der Waals surface area contributed by atoms with Gasteiger partial charge in [-0.25, -0.2) is 0 Å². The van der Waals surface area contributed by atoms with Crippen LogP contribution in [-0.4, -0.2) is 17.7 Å². The molecule has 4 heteroatoms. The minimum Gasteiger partial charge on any atom is -0.346 e. The van der Waals surface area contributed by atoms with Gasteiger partial charge in [-0.2, -0.15) is 11.3 Å². The van der Waals surface area contributed by atoms with Gasteiger partial charge in [-0.1, -0.05) is 19.3 Å². The predicted octanol–water partition coefficient (Wildman–Crippen LogP) is 2.38. The van der Waals surface area contributed by atoms with Gasteiger partial charge in [-0.3, -0.25) is 9.59 Å². The zero-order chi connectivity index (χ0) is 11.4. The van der Waals surface area contributed by atoms with Crippen molar-refractivity contribution in [2.24, 2.45) is 0 Å². The van der Waals surface area contributed by atoms with E-state index in [9.17, 15) is 9.59 Å². The fraction of sp³-hybridized carbons (Fsp3) is 0.500. The summed E-state index contributed by atoms with van der Waals surface area (Å²) >= 11 is 1.43. The Balaban J connectivity index is 1.90. The monoisotopic (exact) mass is 237 g/mol. The quantitative estimate of drug-likeness (QED) is 0.648. The summed E-state index contributed by atoms with van der Waals surface area (Å²) in [5.41, 5.74) is 0.498. The third-order valence-corrected chi connectivity index (χ3v) is 3.61. The Labute approximate surface area is 98.9 Å². The molecule has 0 unspecified atom stereocenters. The number of nitrogens with one attached hydrogen (secondary N) is 1. The van der Waals surface area contributed by atoms with Crippen LogP contribution in [0.3, 0.4) is 0 Å². The SMILES string of the molecule is O=C(NC1CCCCC1)C(=O)c1ccsc1. The number of carbonyl (C=O) groups is 2. The first kappa shape index (κ1) is 11.3. The lowest BCUT2D eigenvalue weighted by Gasteiger charge is -2.22. The van der Waals surface area contributed by atoms with Gasteiger partial charge in [0.2, 0.25) is 0 Å². The molecule has 0 spiro atoms. The third kappa shape index (κ3) is 2.70. The molecule has 16 heavy (non-hydrogen) atoms. The molecule has 0 bridgehead atoms. The van der Waals surface area contributed by atoms with Gasteiger partial charge in [-0.15, -0.1) is 0 Å². The number of amides is 1. The highest BCUT2D eigenvalue weighted by molar-refractivity contribution is 7.08. The predicted molar refractivity (Wildman–Crippen MR) is 63.7 cm³/mol. The van der Waals surface area contributed by atoms with Crippen molar-refractivity contribution >= 4 is 23.0 Å². The second-order valence-corrected chi connectivity index (χ2v) is 4.93. The fourth-order valence-electron chi connectivity index (χ4n) is 2.02. The molecular formula is C12H15NO2S. The van der Waals surface area contributed by atoms with Gasteiger partial charge in [0.25, 0.3) is 11.7 Å². The molecule has 1 fully saturated rings. The van der Waals surface area contributed by atoms with Crippen molar-refractivity contribution in [1.29, 1.82) is 0 Å². The van der Waals surface area contributed by atoms with Crippen molar-refractivity contribution in [2.45, 2.75) is 38.1 Å². The van der Waals surface area contributed by atoms with Crippen LogP contribution in [0.15, 0.2) is 16.8 Å². The summed E-state index contributed by atoms with van der Waals surface area (Å²) in [7, 11) is 0.